The Bertz CT molecular complexity index is 1090. The number of anilines is 1. The number of nitrogens with zero attached hydrogens (tertiary/aromatic N) is 1. The van der Waals surface area contributed by atoms with Crippen LogP contribution in [0.5, 0.6) is 5.75 Å². The molecule has 2 atom stereocenters. The van der Waals surface area contributed by atoms with E-state index in [0.29, 0.717) is 12.3 Å². The summed E-state index contributed by atoms with van der Waals surface area (Å²) in [6.45, 7) is 2.88. The number of ether oxygens (including phenoxy) is 1. The van der Waals surface area contributed by atoms with Crippen LogP contribution >= 0.6 is 11.3 Å². The highest BCUT2D eigenvalue weighted by Crippen LogP contribution is 2.33. The number of amides is 2. The van der Waals surface area contributed by atoms with Gasteiger partial charge in [-0.05, 0) is 47.7 Å². The van der Waals surface area contributed by atoms with Gasteiger partial charge < -0.3 is 20.3 Å². The van der Waals surface area contributed by atoms with Gasteiger partial charge in [-0.25, -0.2) is 4.39 Å². The zero-order valence-corrected chi connectivity index (χ0v) is 19.1. The molecular formula is C25H26FN3O3S. The smallest absolute Gasteiger partial charge is 0.262 e. The fraction of sp³-hybridized carbons (Fsp3) is 0.280. The van der Waals surface area contributed by atoms with Gasteiger partial charge in [0.15, 0.2) is 6.10 Å². The van der Waals surface area contributed by atoms with E-state index in [1.807, 2.05) is 47.5 Å². The van der Waals surface area contributed by atoms with Crippen LogP contribution < -0.4 is 20.3 Å². The summed E-state index contributed by atoms with van der Waals surface area (Å²) in [7, 11) is 0. The maximum absolute atomic E-state index is 13.4. The number of hydrogen-bond acceptors (Lipinski definition) is 5. The molecule has 1 aliphatic heterocycles. The SMILES string of the molecule is CCCNC(=O)[C@H]1CN(CC(=O)N[C@H](c2ccc(F)cc2)c2cccs2)c2ccccc2O1. The summed E-state index contributed by atoms with van der Waals surface area (Å²) in [4.78, 5) is 28.5. The predicted molar refractivity (Wildman–Crippen MR) is 127 cm³/mol. The molecule has 0 saturated carbocycles. The topological polar surface area (TPSA) is 70.7 Å². The molecule has 0 radical (unpaired) electrons. The minimum atomic E-state index is -0.704. The van der Waals surface area contributed by atoms with Gasteiger partial charge >= 0.3 is 0 Å². The molecule has 2 heterocycles. The summed E-state index contributed by atoms with van der Waals surface area (Å²) < 4.78 is 19.4. The van der Waals surface area contributed by atoms with E-state index >= 15 is 0 Å². The lowest BCUT2D eigenvalue weighted by Gasteiger charge is -2.35. The van der Waals surface area contributed by atoms with Crippen LogP contribution in [0.25, 0.3) is 0 Å². The second-order valence-corrected chi connectivity index (χ2v) is 8.79. The van der Waals surface area contributed by atoms with E-state index < -0.39 is 12.1 Å². The van der Waals surface area contributed by atoms with Gasteiger partial charge in [0, 0.05) is 11.4 Å². The van der Waals surface area contributed by atoms with Crippen LogP contribution in [0.3, 0.4) is 0 Å². The Morgan fingerprint density at radius 2 is 1.94 bits per heavy atom. The molecule has 6 nitrogen and oxygen atoms in total. The number of benzene rings is 2. The largest absolute Gasteiger partial charge is 0.477 e. The number of carbonyl (C=O) groups excluding carboxylic acids is 2. The van der Waals surface area contributed by atoms with Crippen molar-refractivity contribution < 1.29 is 18.7 Å². The molecule has 4 rings (SSSR count). The standard InChI is InChI=1S/C25H26FN3O3S/c1-2-13-27-25(31)21-15-29(19-6-3-4-7-20(19)32-21)16-23(30)28-24(22-8-5-14-33-22)17-9-11-18(26)12-10-17/h3-12,14,21,24H,2,13,15-16H2,1H3,(H,27,31)(H,28,30)/t21-,24-/m1/s1. The first-order valence-electron chi connectivity index (χ1n) is 10.9. The first kappa shape index (κ1) is 22.8. The molecule has 1 aromatic heterocycles. The molecule has 2 amide bonds. The Balaban J connectivity index is 1.52. The van der Waals surface area contributed by atoms with Gasteiger partial charge in [-0.15, -0.1) is 11.3 Å². The van der Waals surface area contributed by atoms with Crippen LogP contribution in [0.15, 0.2) is 66.0 Å². The number of halogens is 1. The molecule has 0 saturated heterocycles. The molecule has 1 aliphatic rings. The minimum absolute atomic E-state index is 0.0565. The van der Waals surface area contributed by atoms with E-state index in [4.69, 9.17) is 4.74 Å². The summed E-state index contributed by atoms with van der Waals surface area (Å²) in [6, 6.07) is 17.0. The lowest BCUT2D eigenvalue weighted by molar-refractivity contribution is -0.128. The third kappa shape index (κ3) is 5.51. The summed E-state index contributed by atoms with van der Waals surface area (Å²) in [6.07, 6.45) is 0.124. The minimum Gasteiger partial charge on any atom is -0.477 e. The molecule has 172 valence electrons. The van der Waals surface area contributed by atoms with Gasteiger partial charge in [0.25, 0.3) is 5.91 Å². The van der Waals surface area contributed by atoms with Gasteiger partial charge in [0.1, 0.15) is 11.6 Å². The lowest BCUT2D eigenvalue weighted by atomic mass is 10.1. The number of thiophene rings is 1. The van der Waals surface area contributed by atoms with Crippen molar-refractivity contribution in [3.05, 3.63) is 82.3 Å². The van der Waals surface area contributed by atoms with Crippen LogP contribution in [-0.2, 0) is 9.59 Å². The van der Waals surface area contributed by atoms with Crippen molar-refractivity contribution in [2.75, 3.05) is 24.5 Å². The zero-order valence-electron chi connectivity index (χ0n) is 18.3. The normalized spacial score (nSPS) is 15.8. The summed E-state index contributed by atoms with van der Waals surface area (Å²) in [5.74, 6) is -0.157. The Morgan fingerprint density at radius 3 is 2.67 bits per heavy atom. The molecule has 0 spiro atoms. The van der Waals surface area contributed by atoms with Crippen LogP contribution in [0.2, 0.25) is 0 Å². The van der Waals surface area contributed by atoms with Crippen molar-refractivity contribution >= 4 is 28.8 Å². The highest BCUT2D eigenvalue weighted by atomic mass is 32.1. The molecule has 0 aliphatic carbocycles. The average molecular weight is 468 g/mol. The number of nitrogens with one attached hydrogen (secondary N) is 2. The van der Waals surface area contributed by atoms with E-state index in [2.05, 4.69) is 10.6 Å². The van der Waals surface area contributed by atoms with Gasteiger partial charge in [-0.2, -0.15) is 0 Å². The second kappa shape index (κ2) is 10.5. The highest BCUT2D eigenvalue weighted by molar-refractivity contribution is 7.10. The Hall–Kier alpha value is -3.39. The first-order valence-corrected chi connectivity index (χ1v) is 11.8. The number of carbonyl (C=O) groups is 2. The molecular weight excluding hydrogens is 441 g/mol. The summed E-state index contributed by atoms with van der Waals surface area (Å²) in [5, 5.41) is 7.88. The maximum atomic E-state index is 13.4. The molecule has 8 heteroatoms. The number of para-hydroxylation sites is 2. The van der Waals surface area contributed by atoms with E-state index in [9.17, 15) is 14.0 Å². The maximum Gasteiger partial charge on any atom is 0.262 e. The van der Waals surface area contributed by atoms with Gasteiger partial charge in [-0.3, -0.25) is 9.59 Å². The van der Waals surface area contributed by atoms with E-state index in [0.717, 1.165) is 22.5 Å². The fourth-order valence-electron chi connectivity index (χ4n) is 3.76. The molecule has 0 unspecified atom stereocenters. The zero-order chi connectivity index (χ0) is 23.2. The molecule has 33 heavy (non-hydrogen) atoms. The molecule has 2 N–H and O–H groups in total. The van der Waals surface area contributed by atoms with Crippen LogP contribution in [0.4, 0.5) is 10.1 Å². The van der Waals surface area contributed by atoms with Gasteiger partial charge in [0.05, 0.1) is 24.8 Å². The lowest BCUT2D eigenvalue weighted by Crippen LogP contribution is -2.51. The van der Waals surface area contributed by atoms with Gasteiger partial charge in [0.2, 0.25) is 5.91 Å². The Kier molecular flexibility index (Phi) is 7.24. The molecule has 3 aromatic rings. The van der Waals surface area contributed by atoms with Crippen molar-refractivity contribution in [2.24, 2.45) is 0 Å². The predicted octanol–water partition coefficient (Wildman–Crippen LogP) is 3.89. The number of fused-ring (bicyclic) bond motifs is 1. The van der Waals surface area contributed by atoms with E-state index in [1.54, 1.807) is 18.2 Å². The first-order chi connectivity index (χ1) is 16.0. The number of hydrogen-bond donors (Lipinski definition) is 2. The third-order valence-corrected chi connectivity index (χ3v) is 6.31. The van der Waals surface area contributed by atoms with E-state index in [1.165, 1.54) is 23.5 Å². The second-order valence-electron chi connectivity index (χ2n) is 7.81. The van der Waals surface area contributed by atoms with Crippen molar-refractivity contribution in [1.29, 1.82) is 0 Å². The number of rotatable bonds is 8. The Labute approximate surface area is 196 Å². The average Bonchev–Trinajstić information content (AvgIpc) is 3.36. The molecule has 2 aromatic carbocycles. The van der Waals surface area contributed by atoms with Crippen molar-refractivity contribution in [3.8, 4) is 5.75 Å². The van der Waals surface area contributed by atoms with Gasteiger partial charge in [-0.1, -0.05) is 37.3 Å². The van der Waals surface area contributed by atoms with E-state index in [-0.39, 0.29) is 30.7 Å². The quantitative estimate of drug-likeness (QED) is 0.527. The fourth-order valence-corrected chi connectivity index (χ4v) is 4.57. The highest BCUT2D eigenvalue weighted by Gasteiger charge is 2.32. The van der Waals surface area contributed by atoms with Crippen LogP contribution in [-0.4, -0.2) is 37.6 Å². The van der Waals surface area contributed by atoms with Crippen molar-refractivity contribution in [3.63, 3.8) is 0 Å². The molecule has 0 bridgehead atoms. The third-order valence-electron chi connectivity index (χ3n) is 5.37. The molecule has 0 fully saturated rings. The van der Waals surface area contributed by atoms with Crippen LogP contribution in [0.1, 0.15) is 29.8 Å². The monoisotopic (exact) mass is 467 g/mol. The summed E-state index contributed by atoms with van der Waals surface area (Å²) >= 11 is 1.52. The van der Waals surface area contributed by atoms with Crippen LogP contribution in [0, 0.1) is 5.82 Å². The van der Waals surface area contributed by atoms with Crippen molar-refractivity contribution in [1.82, 2.24) is 10.6 Å². The van der Waals surface area contributed by atoms with Crippen molar-refractivity contribution in [2.45, 2.75) is 25.5 Å². The summed E-state index contributed by atoms with van der Waals surface area (Å²) in [5.41, 5.74) is 1.56. The Morgan fingerprint density at radius 1 is 1.15 bits per heavy atom.